The van der Waals surface area contributed by atoms with Crippen molar-refractivity contribution in [3.63, 3.8) is 0 Å². The van der Waals surface area contributed by atoms with Gasteiger partial charge in [-0.25, -0.2) is 13.9 Å². The van der Waals surface area contributed by atoms with Crippen molar-refractivity contribution in [2.24, 2.45) is 5.14 Å². The molecule has 110 valence electrons. The SMILES string of the molecule is NS(=O)(=O)N1CCN(C(=O)c2c(F)cccc2F)CC1. The molecule has 0 bridgehead atoms. The van der Waals surface area contributed by atoms with Crippen LogP contribution >= 0.6 is 0 Å². The van der Waals surface area contributed by atoms with E-state index in [-0.39, 0.29) is 26.2 Å². The molecule has 0 aromatic heterocycles. The van der Waals surface area contributed by atoms with Crippen LogP contribution in [0.15, 0.2) is 18.2 Å². The molecular weight excluding hydrogens is 292 g/mol. The van der Waals surface area contributed by atoms with Crippen LogP contribution < -0.4 is 5.14 Å². The molecule has 0 saturated carbocycles. The highest BCUT2D eigenvalue weighted by atomic mass is 32.2. The lowest BCUT2D eigenvalue weighted by atomic mass is 10.1. The maximum absolute atomic E-state index is 13.5. The molecule has 0 radical (unpaired) electrons. The molecule has 0 spiro atoms. The zero-order valence-corrected chi connectivity index (χ0v) is 11.2. The molecule has 20 heavy (non-hydrogen) atoms. The molecule has 1 aliphatic heterocycles. The molecule has 1 aromatic carbocycles. The highest BCUT2D eigenvalue weighted by Crippen LogP contribution is 2.16. The average Bonchev–Trinajstić information content (AvgIpc) is 2.37. The Morgan fingerprint density at radius 3 is 2.05 bits per heavy atom. The summed E-state index contributed by atoms with van der Waals surface area (Å²) >= 11 is 0. The minimum absolute atomic E-state index is 0.000640. The second kappa shape index (κ2) is 5.43. The third-order valence-corrected chi connectivity index (χ3v) is 4.15. The van der Waals surface area contributed by atoms with Crippen LogP contribution in [-0.4, -0.2) is 49.7 Å². The van der Waals surface area contributed by atoms with Crippen molar-refractivity contribution in [2.45, 2.75) is 0 Å². The number of rotatable bonds is 2. The highest BCUT2D eigenvalue weighted by Gasteiger charge is 2.29. The largest absolute Gasteiger partial charge is 0.336 e. The van der Waals surface area contributed by atoms with Crippen molar-refractivity contribution >= 4 is 16.1 Å². The second-order valence-electron chi connectivity index (χ2n) is 4.33. The van der Waals surface area contributed by atoms with Gasteiger partial charge in [0.1, 0.15) is 17.2 Å². The van der Waals surface area contributed by atoms with Crippen LogP contribution in [0.1, 0.15) is 10.4 Å². The number of benzene rings is 1. The maximum Gasteiger partial charge on any atom is 0.277 e. The number of carbonyl (C=O) groups is 1. The van der Waals surface area contributed by atoms with E-state index in [0.717, 1.165) is 16.4 Å². The molecule has 0 aliphatic carbocycles. The summed E-state index contributed by atoms with van der Waals surface area (Å²) in [4.78, 5) is 13.2. The van der Waals surface area contributed by atoms with E-state index in [2.05, 4.69) is 0 Å². The fourth-order valence-electron chi connectivity index (χ4n) is 2.01. The van der Waals surface area contributed by atoms with E-state index >= 15 is 0 Å². The molecular formula is C11H13F2N3O3S. The molecule has 1 heterocycles. The van der Waals surface area contributed by atoms with E-state index in [1.54, 1.807) is 0 Å². The van der Waals surface area contributed by atoms with Crippen LogP contribution in [0.4, 0.5) is 8.78 Å². The summed E-state index contributed by atoms with van der Waals surface area (Å²) in [6, 6.07) is 3.16. The summed E-state index contributed by atoms with van der Waals surface area (Å²) < 4.78 is 50.3. The Hall–Kier alpha value is -1.58. The number of carbonyl (C=O) groups excluding carboxylic acids is 1. The molecule has 1 amide bonds. The third kappa shape index (κ3) is 2.94. The fraction of sp³-hybridized carbons (Fsp3) is 0.364. The van der Waals surface area contributed by atoms with E-state index < -0.39 is 33.3 Å². The smallest absolute Gasteiger partial charge is 0.277 e. The highest BCUT2D eigenvalue weighted by molar-refractivity contribution is 7.86. The van der Waals surface area contributed by atoms with Gasteiger partial charge < -0.3 is 4.90 Å². The van der Waals surface area contributed by atoms with Gasteiger partial charge in [0, 0.05) is 26.2 Å². The number of halogens is 2. The first kappa shape index (κ1) is 14.8. The number of nitrogens with two attached hydrogens (primary N) is 1. The summed E-state index contributed by atoms with van der Waals surface area (Å²) in [7, 11) is -3.81. The lowest BCUT2D eigenvalue weighted by Crippen LogP contribution is -2.52. The molecule has 2 N–H and O–H groups in total. The first-order chi connectivity index (χ1) is 9.30. The predicted molar refractivity (Wildman–Crippen MR) is 66.9 cm³/mol. The Morgan fingerprint density at radius 1 is 1.10 bits per heavy atom. The van der Waals surface area contributed by atoms with Crippen molar-refractivity contribution in [3.05, 3.63) is 35.4 Å². The Labute approximate surface area is 114 Å². The minimum atomic E-state index is -3.81. The number of piperazine rings is 1. The van der Waals surface area contributed by atoms with Crippen LogP contribution in [-0.2, 0) is 10.2 Å². The summed E-state index contributed by atoms with van der Waals surface area (Å²) in [5.41, 5.74) is -0.628. The summed E-state index contributed by atoms with van der Waals surface area (Å²) in [6.45, 7) is 0.0629. The van der Waals surface area contributed by atoms with Crippen LogP contribution in [0.3, 0.4) is 0 Å². The van der Waals surface area contributed by atoms with Crippen molar-refractivity contribution in [3.8, 4) is 0 Å². The standard InChI is InChI=1S/C11H13F2N3O3S/c12-8-2-1-3-9(13)10(8)11(17)15-4-6-16(7-5-15)20(14,18)19/h1-3H,4-7H2,(H2,14,18,19). The lowest BCUT2D eigenvalue weighted by Gasteiger charge is -2.33. The lowest BCUT2D eigenvalue weighted by molar-refractivity contribution is 0.0688. The first-order valence-corrected chi connectivity index (χ1v) is 7.32. The Morgan fingerprint density at radius 2 is 1.60 bits per heavy atom. The number of nitrogens with zero attached hydrogens (tertiary/aromatic N) is 2. The van der Waals surface area contributed by atoms with Gasteiger partial charge in [-0.05, 0) is 12.1 Å². The minimum Gasteiger partial charge on any atom is -0.336 e. The zero-order chi connectivity index (χ0) is 14.9. The molecule has 1 aromatic rings. The monoisotopic (exact) mass is 305 g/mol. The summed E-state index contributed by atoms with van der Waals surface area (Å²) in [6.07, 6.45) is 0. The Kier molecular flexibility index (Phi) is 4.02. The number of amides is 1. The van der Waals surface area contributed by atoms with Crippen molar-refractivity contribution in [1.29, 1.82) is 0 Å². The average molecular weight is 305 g/mol. The zero-order valence-electron chi connectivity index (χ0n) is 10.4. The Balaban J connectivity index is 2.13. The van der Waals surface area contributed by atoms with Crippen molar-refractivity contribution < 1.29 is 22.0 Å². The van der Waals surface area contributed by atoms with Gasteiger partial charge in [0.05, 0.1) is 0 Å². The number of hydrogen-bond donors (Lipinski definition) is 1. The van der Waals surface area contributed by atoms with Crippen molar-refractivity contribution in [1.82, 2.24) is 9.21 Å². The van der Waals surface area contributed by atoms with Gasteiger partial charge >= 0.3 is 0 Å². The third-order valence-electron chi connectivity index (χ3n) is 3.06. The van der Waals surface area contributed by atoms with E-state index in [9.17, 15) is 22.0 Å². The molecule has 6 nitrogen and oxygen atoms in total. The van der Waals surface area contributed by atoms with Crippen LogP contribution in [0.25, 0.3) is 0 Å². The van der Waals surface area contributed by atoms with E-state index in [0.29, 0.717) is 0 Å². The van der Waals surface area contributed by atoms with E-state index in [1.807, 2.05) is 0 Å². The van der Waals surface area contributed by atoms with Gasteiger partial charge in [-0.15, -0.1) is 0 Å². The van der Waals surface area contributed by atoms with Gasteiger partial charge in [0.2, 0.25) is 0 Å². The molecule has 0 unspecified atom stereocenters. The van der Waals surface area contributed by atoms with Gasteiger partial charge in [-0.2, -0.15) is 12.7 Å². The van der Waals surface area contributed by atoms with Crippen molar-refractivity contribution in [2.75, 3.05) is 26.2 Å². The normalized spacial score (nSPS) is 17.2. The second-order valence-corrected chi connectivity index (χ2v) is 5.88. The molecule has 1 saturated heterocycles. The van der Waals surface area contributed by atoms with Gasteiger partial charge in [0.15, 0.2) is 0 Å². The summed E-state index contributed by atoms with van der Waals surface area (Å²) in [5, 5.41) is 4.97. The maximum atomic E-state index is 13.5. The van der Waals surface area contributed by atoms with Crippen LogP contribution in [0, 0.1) is 11.6 Å². The van der Waals surface area contributed by atoms with Gasteiger partial charge in [-0.1, -0.05) is 6.07 Å². The number of hydrogen-bond acceptors (Lipinski definition) is 3. The molecule has 0 atom stereocenters. The first-order valence-electron chi connectivity index (χ1n) is 5.82. The summed E-state index contributed by atoms with van der Waals surface area (Å²) in [5.74, 6) is -2.68. The topological polar surface area (TPSA) is 83.7 Å². The fourth-order valence-corrected chi connectivity index (χ4v) is 2.68. The molecule has 2 rings (SSSR count). The quantitative estimate of drug-likeness (QED) is 0.830. The Bertz CT molecular complexity index is 608. The van der Waals surface area contributed by atoms with Gasteiger partial charge in [0.25, 0.3) is 16.1 Å². The van der Waals surface area contributed by atoms with Gasteiger partial charge in [-0.3, -0.25) is 4.79 Å². The van der Waals surface area contributed by atoms with Crippen LogP contribution in [0.2, 0.25) is 0 Å². The van der Waals surface area contributed by atoms with Crippen LogP contribution in [0.5, 0.6) is 0 Å². The van der Waals surface area contributed by atoms with E-state index in [4.69, 9.17) is 5.14 Å². The molecule has 1 aliphatic rings. The predicted octanol–water partition coefficient (Wildman–Crippen LogP) is -0.0739. The molecule has 1 fully saturated rings. The van der Waals surface area contributed by atoms with E-state index in [1.165, 1.54) is 11.0 Å². The molecule has 9 heteroatoms.